The lowest BCUT2D eigenvalue weighted by molar-refractivity contribution is 0.558. The van der Waals surface area contributed by atoms with Gasteiger partial charge in [-0.2, -0.15) is 0 Å². The molecule has 0 saturated heterocycles. The normalized spacial score (nSPS) is 21.2. The lowest BCUT2D eigenvalue weighted by Crippen LogP contribution is -2.27. The quantitative estimate of drug-likeness (QED) is 0.683. The van der Waals surface area contributed by atoms with Crippen LogP contribution in [0, 0.1) is 0 Å². The molecule has 0 spiro atoms. The van der Waals surface area contributed by atoms with Gasteiger partial charge in [-0.3, -0.25) is 0 Å². The number of nitrogens with one attached hydrogen (secondary N) is 1. The van der Waals surface area contributed by atoms with E-state index in [1.807, 2.05) is 0 Å². The van der Waals surface area contributed by atoms with Gasteiger partial charge in [-0.1, -0.05) is 45.9 Å². The number of benzene rings is 1. The molecule has 1 atom stereocenters. The van der Waals surface area contributed by atoms with Crippen LogP contribution in [0.3, 0.4) is 0 Å². The smallest absolute Gasteiger partial charge is 0.0208 e. The molecule has 0 bridgehead atoms. The fraction of sp³-hybridized carbons (Fsp3) is 0.571. The van der Waals surface area contributed by atoms with Crippen molar-refractivity contribution in [3.63, 3.8) is 0 Å². The van der Waals surface area contributed by atoms with Crippen molar-refractivity contribution in [3.05, 3.63) is 34.9 Å². The SMILES string of the molecule is CC1CNCc2cc(C(C)(C)C)ccc21. The molecule has 0 radical (unpaired) electrons. The average molecular weight is 203 g/mol. The molecular weight excluding hydrogens is 182 g/mol. The Morgan fingerprint density at radius 2 is 2.00 bits per heavy atom. The maximum atomic E-state index is 3.47. The molecule has 15 heavy (non-hydrogen) atoms. The molecule has 1 aliphatic rings. The Hall–Kier alpha value is -0.820. The standard InChI is InChI=1S/C14H21N/c1-10-8-15-9-11-7-12(14(2,3)4)5-6-13(10)11/h5-7,10,15H,8-9H2,1-4H3. The molecule has 0 amide bonds. The van der Waals surface area contributed by atoms with Crippen LogP contribution in [0.4, 0.5) is 0 Å². The molecule has 1 heterocycles. The van der Waals surface area contributed by atoms with E-state index in [4.69, 9.17) is 0 Å². The molecule has 0 fully saturated rings. The fourth-order valence-corrected chi connectivity index (χ4v) is 2.24. The lowest BCUT2D eigenvalue weighted by atomic mass is 9.82. The largest absolute Gasteiger partial charge is 0.312 e. The number of hydrogen-bond donors (Lipinski definition) is 1. The summed E-state index contributed by atoms with van der Waals surface area (Å²) in [4.78, 5) is 0. The molecule has 82 valence electrons. The molecule has 0 aromatic heterocycles. The first kappa shape index (κ1) is 10.7. The molecule has 0 saturated carbocycles. The minimum atomic E-state index is 0.260. The maximum absolute atomic E-state index is 3.47. The van der Waals surface area contributed by atoms with Crippen LogP contribution in [-0.2, 0) is 12.0 Å². The molecule has 1 N–H and O–H groups in total. The van der Waals surface area contributed by atoms with Gasteiger partial charge >= 0.3 is 0 Å². The van der Waals surface area contributed by atoms with E-state index in [2.05, 4.69) is 51.2 Å². The fourth-order valence-electron chi connectivity index (χ4n) is 2.24. The Balaban J connectivity index is 2.42. The Labute approximate surface area is 92.9 Å². The predicted molar refractivity (Wildman–Crippen MR) is 65.3 cm³/mol. The van der Waals surface area contributed by atoms with Crippen molar-refractivity contribution in [2.75, 3.05) is 6.54 Å². The third-order valence-corrected chi connectivity index (χ3v) is 3.31. The molecule has 2 rings (SSSR count). The van der Waals surface area contributed by atoms with E-state index in [-0.39, 0.29) is 5.41 Å². The highest BCUT2D eigenvalue weighted by Crippen LogP contribution is 2.29. The topological polar surface area (TPSA) is 12.0 Å². The van der Waals surface area contributed by atoms with Crippen LogP contribution in [0.5, 0.6) is 0 Å². The maximum Gasteiger partial charge on any atom is 0.0208 e. The van der Waals surface area contributed by atoms with E-state index >= 15 is 0 Å². The Morgan fingerprint density at radius 1 is 1.27 bits per heavy atom. The molecule has 1 nitrogen and oxygen atoms in total. The Morgan fingerprint density at radius 3 is 2.67 bits per heavy atom. The Bertz CT molecular complexity index is 360. The minimum Gasteiger partial charge on any atom is -0.312 e. The van der Waals surface area contributed by atoms with Crippen LogP contribution in [-0.4, -0.2) is 6.54 Å². The molecule has 1 heteroatoms. The molecular formula is C14H21N. The van der Waals surface area contributed by atoms with Crippen molar-refractivity contribution >= 4 is 0 Å². The predicted octanol–water partition coefficient (Wildman–Crippen LogP) is 3.19. The first-order valence-corrected chi connectivity index (χ1v) is 5.82. The van der Waals surface area contributed by atoms with E-state index in [0.29, 0.717) is 5.92 Å². The van der Waals surface area contributed by atoms with E-state index in [1.54, 1.807) is 0 Å². The van der Waals surface area contributed by atoms with Gasteiger partial charge in [-0.25, -0.2) is 0 Å². The number of hydrogen-bond acceptors (Lipinski definition) is 1. The minimum absolute atomic E-state index is 0.260. The summed E-state index contributed by atoms with van der Waals surface area (Å²) >= 11 is 0. The number of fused-ring (bicyclic) bond motifs is 1. The average Bonchev–Trinajstić information content (AvgIpc) is 2.16. The van der Waals surface area contributed by atoms with Gasteiger partial charge in [0.05, 0.1) is 0 Å². The van der Waals surface area contributed by atoms with Crippen molar-refractivity contribution in [1.82, 2.24) is 5.32 Å². The van der Waals surface area contributed by atoms with E-state index in [9.17, 15) is 0 Å². The highest BCUT2D eigenvalue weighted by molar-refractivity contribution is 5.38. The van der Waals surface area contributed by atoms with Crippen LogP contribution in [0.15, 0.2) is 18.2 Å². The molecule has 1 aliphatic heterocycles. The zero-order valence-corrected chi connectivity index (χ0v) is 10.2. The first-order chi connectivity index (χ1) is 6.98. The van der Waals surface area contributed by atoms with Crippen LogP contribution in [0.25, 0.3) is 0 Å². The summed E-state index contributed by atoms with van der Waals surface area (Å²) in [7, 11) is 0. The summed E-state index contributed by atoms with van der Waals surface area (Å²) in [5, 5.41) is 3.47. The number of rotatable bonds is 0. The Kier molecular flexibility index (Phi) is 2.59. The lowest BCUT2D eigenvalue weighted by Gasteiger charge is -2.27. The van der Waals surface area contributed by atoms with Crippen molar-refractivity contribution in [2.45, 2.75) is 45.6 Å². The summed E-state index contributed by atoms with van der Waals surface area (Å²) < 4.78 is 0. The summed E-state index contributed by atoms with van der Waals surface area (Å²) in [5.74, 6) is 0.655. The summed E-state index contributed by atoms with van der Waals surface area (Å²) in [6.07, 6.45) is 0. The third kappa shape index (κ3) is 2.07. The van der Waals surface area contributed by atoms with Gasteiger partial charge in [0, 0.05) is 13.1 Å². The van der Waals surface area contributed by atoms with Crippen LogP contribution in [0.1, 0.15) is 50.3 Å². The summed E-state index contributed by atoms with van der Waals surface area (Å²) in [5.41, 5.74) is 4.72. The van der Waals surface area contributed by atoms with Gasteiger partial charge in [-0.15, -0.1) is 0 Å². The first-order valence-electron chi connectivity index (χ1n) is 5.82. The van der Waals surface area contributed by atoms with Gasteiger partial charge in [0.15, 0.2) is 0 Å². The van der Waals surface area contributed by atoms with Gasteiger partial charge in [-0.05, 0) is 28.0 Å². The van der Waals surface area contributed by atoms with Gasteiger partial charge in [0.2, 0.25) is 0 Å². The molecule has 0 aliphatic carbocycles. The molecule has 1 aromatic carbocycles. The summed E-state index contributed by atoms with van der Waals surface area (Å²) in [6.45, 7) is 11.3. The van der Waals surface area contributed by atoms with E-state index in [1.165, 1.54) is 16.7 Å². The van der Waals surface area contributed by atoms with Gasteiger partial charge in [0.1, 0.15) is 0 Å². The van der Waals surface area contributed by atoms with Crippen molar-refractivity contribution < 1.29 is 0 Å². The zero-order valence-electron chi connectivity index (χ0n) is 10.2. The van der Waals surface area contributed by atoms with Gasteiger partial charge < -0.3 is 5.32 Å². The second-order valence-electron chi connectivity index (χ2n) is 5.70. The zero-order chi connectivity index (χ0) is 11.1. The third-order valence-electron chi connectivity index (χ3n) is 3.31. The van der Waals surface area contributed by atoms with Crippen LogP contribution >= 0.6 is 0 Å². The van der Waals surface area contributed by atoms with Gasteiger partial charge in [0.25, 0.3) is 0 Å². The van der Waals surface area contributed by atoms with E-state index < -0.39 is 0 Å². The molecule has 1 aromatic rings. The van der Waals surface area contributed by atoms with Crippen molar-refractivity contribution in [1.29, 1.82) is 0 Å². The monoisotopic (exact) mass is 203 g/mol. The van der Waals surface area contributed by atoms with Crippen molar-refractivity contribution in [2.24, 2.45) is 0 Å². The highest BCUT2D eigenvalue weighted by atomic mass is 14.9. The van der Waals surface area contributed by atoms with Crippen molar-refractivity contribution in [3.8, 4) is 0 Å². The van der Waals surface area contributed by atoms with Crippen LogP contribution < -0.4 is 5.32 Å². The van der Waals surface area contributed by atoms with E-state index in [0.717, 1.165) is 13.1 Å². The molecule has 1 unspecified atom stereocenters. The second kappa shape index (κ2) is 3.64. The summed E-state index contributed by atoms with van der Waals surface area (Å²) in [6, 6.07) is 6.99. The highest BCUT2D eigenvalue weighted by Gasteiger charge is 2.19. The second-order valence-corrected chi connectivity index (χ2v) is 5.70. The van der Waals surface area contributed by atoms with Crippen LogP contribution in [0.2, 0.25) is 0 Å².